The Hall–Kier alpha value is -2.70. The van der Waals surface area contributed by atoms with Crippen LogP contribution in [0.15, 0.2) is 41.3 Å². The van der Waals surface area contributed by atoms with E-state index < -0.39 is 11.5 Å². The van der Waals surface area contributed by atoms with Gasteiger partial charge in [0.15, 0.2) is 18.2 Å². The molecule has 1 atom stereocenters. The number of ether oxygens (including phenoxy) is 1. The lowest BCUT2D eigenvalue weighted by atomic mass is 10.1. The molecule has 1 saturated heterocycles. The van der Waals surface area contributed by atoms with E-state index in [-0.39, 0.29) is 24.3 Å². The molecule has 2 aromatic rings. The number of nitrogens with one attached hydrogen (secondary N) is 1. The van der Waals surface area contributed by atoms with E-state index >= 15 is 0 Å². The van der Waals surface area contributed by atoms with E-state index in [9.17, 15) is 14.0 Å². The minimum absolute atomic E-state index is 0.0499. The third-order valence-corrected chi connectivity index (χ3v) is 3.82. The largest absolute Gasteiger partial charge is 0.481 e. The summed E-state index contributed by atoms with van der Waals surface area (Å²) in [6, 6.07) is 7.44. The number of hydrogen-bond acceptors (Lipinski definition) is 4. The van der Waals surface area contributed by atoms with Crippen molar-refractivity contribution in [1.29, 1.82) is 0 Å². The highest BCUT2D eigenvalue weighted by molar-refractivity contribution is 5.78. The van der Waals surface area contributed by atoms with Crippen LogP contribution in [0.2, 0.25) is 0 Å². The third kappa shape index (κ3) is 3.39. The number of amides is 1. The topological polar surface area (TPSA) is 75.3 Å². The van der Waals surface area contributed by atoms with Crippen LogP contribution in [0.4, 0.5) is 4.39 Å². The van der Waals surface area contributed by atoms with Crippen molar-refractivity contribution >= 4 is 5.91 Å². The summed E-state index contributed by atoms with van der Waals surface area (Å²) in [6.07, 6.45) is 3.01. The molecular weight excluding hydrogens is 301 g/mol. The van der Waals surface area contributed by atoms with Gasteiger partial charge < -0.3 is 14.6 Å². The van der Waals surface area contributed by atoms with Crippen LogP contribution in [0.3, 0.4) is 0 Å². The number of hydrogen-bond donors (Lipinski definition) is 1. The van der Waals surface area contributed by atoms with Gasteiger partial charge in [0.05, 0.1) is 6.04 Å². The van der Waals surface area contributed by atoms with Crippen molar-refractivity contribution in [3.8, 4) is 5.75 Å². The number of carbonyl (C=O) groups is 1. The highest BCUT2D eigenvalue weighted by Gasteiger charge is 2.30. The smallest absolute Gasteiger partial charge is 0.345 e. The van der Waals surface area contributed by atoms with Gasteiger partial charge >= 0.3 is 5.69 Å². The summed E-state index contributed by atoms with van der Waals surface area (Å²) in [5.74, 6) is -0.695. The fourth-order valence-electron chi connectivity index (χ4n) is 2.75. The number of likely N-dealkylation sites (tertiary alicyclic amines) is 1. The van der Waals surface area contributed by atoms with E-state index in [4.69, 9.17) is 4.74 Å². The van der Waals surface area contributed by atoms with Crippen molar-refractivity contribution in [3.05, 3.63) is 58.5 Å². The molecule has 1 aromatic carbocycles. The highest BCUT2D eigenvalue weighted by Crippen LogP contribution is 2.30. The number of H-pyrrole nitrogens is 1. The van der Waals surface area contributed by atoms with Gasteiger partial charge in [0.1, 0.15) is 0 Å². The minimum atomic E-state index is -0.503. The van der Waals surface area contributed by atoms with Crippen LogP contribution in [-0.2, 0) is 4.79 Å². The second-order valence-corrected chi connectivity index (χ2v) is 5.29. The quantitative estimate of drug-likeness (QED) is 0.930. The summed E-state index contributed by atoms with van der Waals surface area (Å²) >= 11 is 0. The number of rotatable bonds is 4. The predicted molar refractivity (Wildman–Crippen MR) is 80.4 cm³/mol. The van der Waals surface area contributed by atoms with Gasteiger partial charge in [-0.2, -0.15) is 0 Å². The lowest BCUT2D eigenvalue weighted by molar-refractivity contribution is -0.134. The predicted octanol–water partition coefficient (Wildman–Crippen LogP) is 1.65. The minimum Gasteiger partial charge on any atom is -0.481 e. The van der Waals surface area contributed by atoms with Crippen LogP contribution >= 0.6 is 0 Å². The van der Waals surface area contributed by atoms with Crippen molar-refractivity contribution in [2.75, 3.05) is 13.2 Å². The fraction of sp³-hybridized carbons (Fsp3) is 0.312. The molecule has 7 heteroatoms. The maximum atomic E-state index is 13.5. The SMILES string of the molecule is O=C(COc1ccccc1F)N1CCC[C@@H]1c1ccnc(=O)[nH]1. The zero-order valence-corrected chi connectivity index (χ0v) is 12.4. The van der Waals surface area contributed by atoms with E-state index in [0.29, 0.717) is 12.2 Å². The number of aromatic amines is 1. The first-order valence-electron chi connectivity index (χ1n) is 7.37. The molecule has 0 radical (unpaired) electrons. The normalized spacial score (nSPS) is 17.3. The molecule has 120 valence electrons. The Labute approximate surface area is 131 Å². The molecule has 2 heterocycles. The van der Waals surface area contributed by atoms with Crippen LogP contribution in [0.5, 0.6) is 5.75 Å². The average molecular weight is 317 g/mol. The lowest BCUT2D eigenvalue weighted by Gasteiger charge is -2.24. The highest BCUT2D eigenvalue weighted by atomic mass is 19.1. The monoisotopic (exact) mass is 317 g/mol. The van der Waals surface area contributed by atoms with Gasteiger partial charge in [-0.15, -0.1) is 0 Å². The summed E-state index contributed by atoms with van der Waals surface area (Å²) in [5.41, 5.74) is 0.214. The Kier molecular flexibility index (Phi) is 4.36. The summed E-state index contributed by atoms with van der Waals surface area (Å²) in [6.45, 7) is 0.335. The number of benzene rings is 1. The van der Waals surface area contributed by atoms with Gasteiger partial charge in [-0.3, -0.25) is 4.79 Å². The Morgan fingerprint density at radius 1 is 1.39 bits per heavy atom. The molecule has 0 bridgehead atoms. The number of halogens is 1. The van der Waals surface area contributed by atoms with Crippen LogP contribution < -0.4 is 10.4 Å². The zero-order chi connectivity index (χ0) is 16.2. The second-order valence-electron chi connectivity index (χ2n) is 5.29. The maximum absolute atomic E-state index is 13.5. The fourth-order valence-corrected chi connectivity index (χ4v) is 2.75. The van der Waals surface area contributed by atoms with Gasteiger partial charge in [-0.1, -0.05) is 12.1 Å². The molecule has 1 amide bonds. The molecule has 0 unspecified atom stereocenters. The Morgan fingerprint density at radius 2 is 2.22 bits per heavy atom. The summed E-state index contributed by atoms with van der Waals surface area (Å²) in [7, 11) is 0. The number of carbonyl (C=O) groups excluding carboxylic acids is 1. The first-order valence-corrected chi connectivity index (χ1v) is 7.37. The van der Waals surface area contributed by atoms with Crippen molar-refractivity contribution in [2.24, 2.45) is 0 Å². The van der Waals surface area contributed by atoms with E-state index in [2.05, 4.69) is 9.97 Å². The molecule has 3 rings (SSSR count). The van der Waals surface area contributed by atoms with Gasteiger partial charge in [-0.05, 0) is 31.0 Å². The first-order chi connectivity index (χ1) is 11.1. The first kappa shape index (κ1) is 15.2. The molecule has 6 nitrogen and oxygen atoms in total. The molecule has 1 aliphatic heterocycles. The van der Waals surface area contributed by atoms with Crippen molar-refractivity contribution in [1.82, 2.24) is 14.9 Å². The summed E-state index contributed by atoms with van der Waals surface area (Å²) < 4.78 is 18.8. The summed E-state index contributed by atoms with van der Waals surface area (Å²) in [5, 5.41) is 0. The third-order valence-electron chi connectivity index (χ3n) is 3.82. The van der Waals surface area contributed by atoms with Crippen molar-refractivity contribution in [3.63, 3.8) is 0 Å². The average Bonchev–Trinajstić information content (AvgIpc) is 3.03. The van der Waals surface area contributed by atoms with Gasteiger partial charge in [-0.25, -0.2) is 14.2 Å². The maximum Gasteiger partial charge on any atom is 0.345 e. The van der Waals surface area contributed by atoms with Gasteiger partial charge in [0, 0.05) is 18.4 Å². The van der Waals surface area contributed by atoms with E-state index in [0.717, 1.165) is 12.8 Å². The molecule has 0 saturated carbocycles. The molecule has 1 aromatic heterocycles. The van der Waals surface area contributed by atoms with Crippen LogP contribution in [0.1, 0.15) is 24.6 Å². The van der Waals surface area contributed by atoms with Crippen LogP contribution in [0.25, 0.3) is 0 Å². The molecule has 1 fully saturated rings. The molecule has 23 heavy (non-hydrogen) atoms. The van der Waals surface area contributed by atoms with E-state index in [1.54, 1.807) is 23.1 Å². The molecule has 0 aliphatic carbocycles. The van der Waals surface area contributed by atoms with Gasteiger partial charge in [0.25, 0.3) is 5.91 Å². The lowest BCUT2D eigenvalue weighted by Crippen LogP contribution is -2.35. The Balaban J connectivity index is 1.69. The Bertz CT molecular complexity index is 762. The number of nitrogens with zero attached hydrogens (tertiary/aromatic N) is 2. The van der Waals surface area contributed by atoms with Crippen LogP contribution in [0, 0.1) is 5.82 Å². The van der Waals surface area contributed by atoms with Crippen molar-refractivity contribution < 1.29 is 13.9 Å². The Morgan fingerprint density at radius 3 is 3.00 bits per heavy atom. The number of aromatic nitrogens is 2. The summed E-state index contributed by atoms with van der Waals surface area (Å²) in [4.78, 5) is 31.6. The molecule has 0 spiro atoms. The van der Waals surface area contributed by atoms with Gasteiger partial charge in [0.2, 0.25) is 0 Å². The van der Waals surface area contributed by atoms with E-state index in [1.165, 1.54) is 18.3 Å². The molecule has 1 N–H and O–H groups in total. The second kappa shape index (κ2) is 6.60. The standard InChI is InChI=1S/C16H16FN3O3/c17-11-4-1-2-6-14(11)23-10-15(21)20-9-3-5-13(20)12-7-8-18-16(22)19-12/h1-2,4,6-8,13H,3,5,9-10H2,(H,18,19,22)/t13-/m1/s1. The van der Waals surface area contributed by atoms with Crippen molar-refractivity contribution in [2.45, 2.75) is 18.9 Å². The molecular formula is C16H16FN3O3. The molecule has 1 aliphatic rings. The van der Waals surface area contributed by atoms with E-state index in [1.807, 2.05) is 0 Å². The zero-order valence-electron chi connectivity index (χ0n) is 12.4. The number of para-hydroxylation sites is 1. The van der Waals surface area contributed by atoms with Crippen LogP contribution in [-0.4, -0.2) is 33.9 Å².